The van der Waals surface area contributed by atoms with Crippen LogP contribution in [0.3, 0.4) is 0 Å². The predicted octanol–water partition coefficient (Wildman–Crippen LogP) is 13.1. The first kappa shape index (κ1) is 35.5. The third-order valence-electron chi connectivity index (χ3n) is 7.74. The lowest BCUT2D eigenvalue weighted by molar-refractivity contribution is 0.735. The van der Waals surface area contributed by atoms with Gasteiger partial charge in [-0.2, -0.15) is 0 Å². The van der Waals surface area contributed by atoms with E-state index in [1.54, 1.807) is 0 Å². The van der Waals surface area contributed by atoms with Crippen molar-refractivity contribution >= 4 is 22.8 Å². The summed E-state index contributed by atoms with van der Waals surface area (Å²) in [5.41, 5.74) is 7.39. The maximum absolute atomic E-state index is 5.43. The number of aryl methyl sites for hydroxylation is 2. The van der Waals surface area contributed by atoms with Crippen molar-refractivity contribution in [2.24, 2.45) is 9.98 Å². The van der Waals surface area contributed by atoms with Gasteiger partial charge in [0, 0.05) is 0 Å². The van der Waals surface area contributed by atoms with Gasteiger partial charge in [0.2, 0.25) is 0 Å². The van der Waals surface area contributed by atoms with E-state index in [-0.39, 0.29) is 0 Å². The average Bonchev–Trinajstić information content (AvgIpc) is 3.01. The number of allylic oxidation sites excluding steroid dienone is 4. The molecule has 0 bridgehead atoms. The second-order valence-electron chi connectivity index (χ2n) is 11.6. The van der Waals surface area contributed by atoms with Gasteiger partial charge < -0.3 is 0 Å². The molecule has 2 heteroatoms. The van der Waals surface area contributed by atoms with Gasteiger partial charge in [0.15, 0.2) is 0 Å². The van der Waals surface area contributed by atoms with Gasteiger partial charge in [0.05, 0.1) is 22.8 Å². The van der Waals surface area contributed by atoms with Crippen LogP contribution in [0.5, 0.6) is 0 Å². The SMILES string of the molecule is CCCC=CCCCc1ccccc1N=C(CCCCC)C(CCCCC)=Nc1ccccc1CCCC=CCCC. The number of hydrogen-bond donors (Lipinski definition) is 0. The Labute approximate surface area is 259 Å². The second kappa shape index (κ2) is 23.8. The maximum Gasteiger partial charge on any atom is 0.0665 e. The molecule has 0 aliphatic carbocycles. The minimum absolute atomic E-state index is 0.997. The Balaban J connectivity index is 2.38. The van der Waals surface area contributed by atoms with Crippen molar-refractivity contribution in [2.45, 2.75) is 143 Å². The zero-order chi connectivity index (χ0) is 30.1. The van der Waals surface area contributed by atoms with E-state index in [2.05, 4.69) is 101 Å². The van der Waals surface area contributed by atoms with Gasteiger partial charge in [-0.25, -0.2) is 0 Å². The molecular formula is C40H60N2. The van der Waals surface area contributed by atoms with Gasteiger partial charge in [0.1, 0.15) is 0 Å². The summed E-state index contributed by atoms with van der Waals surface area (Å²) in [5.74, 6) is 0. The van der Waals surface area contributed by atoms with Crippen LogP contribution in [0.2, 0.25) is 0 Å². The van der Waals surface area contributed by atoms with Crippen LogP contribution in [0.1, 0.15) is 142 Å². The maximum atomic E-state index is 5.43. The number of hydrogen-bond acceptors (Lipinski definition) is 2. The van der Waals surface area contributed by atoms with Gasteiger partial charge in [-0.1, -0.05) is 127 Å². The Bertz CT molecular complexity index is 1000. The largest absolute Gasteiger partial charge is 0.251 e. The van der Waals surface area contributed by atoms with Crippen molar-refractivity contribution < 1.29 is 0 Å². The molecule has 0 saturated carbocycles. The molecule has 0 radical (unpaired) electrons. The average molecular weight is 569 g/mol. The molecule has 42 heavy (non-hydrogen) atoms. The van der Waals surface area contributed by atoms with Gasteiger partial charge in [0.25, 0.3) is 0 Å². The van der Waals surface area contributed by atoms with Gasteiger partial charge in [-0.3, -0.25) is 9.98 Å². The molecule has 0 aliphatic rings. The number of rotatable bonds is 23. The van der Waals surface area contributed by atoms with Crippen LogP contribution in [-0.2, 0) is 12.8 Å². The van der Waals surface area contributed by atoms with E-state index >= 15 is 0 Å². The lowest BCUT2D eigenvalue weighted by Gasteiger charge is -2.14. The molecule has 2 nitrogen and oxygen atoms in total. The Morgan fingerprint density at radius 2 is 0.881 bits per heavy atom. The smallest absolute Gasteiger partial charge is 0.0665 e. The number of nitrogens with zero attached hydrogens (tertiary/aromatic N) is 2. The Morgan fingerprint density at radius 3 is 1.29 bits per heavy atom. The highest BCUT2D eigenvalue weighted by molar-refractivity contribution is 6.43. The minimum Gasteiger partial charge on any atom is -0.251 e. The molecule has 230 valence electrons. The van der Waals surface area contributed by atoms with E-state index < -0.39 is 0 Å². The zero-order valence-corrected chi connectivity index (χ0v) is 27.6. The van der Waals surface area contributed by atoms with Crippen molar-refractivity contribution in [1.29, 1.82) is 0 Å². The number of aliphatic imine (C=N–C) groups is 2. The molecule has 0 amide bonds. The van der Waals surface area contributed by atoms with Crippen molar-refractivity contribution in [3.05, 3.63) is 84.0 Å². The molecule has 0 fully saturated rings. The summed E-state index contributed by atoms with van der Waals surface area (Å²) in [6, 6.07) is 17.6. The Kier molecular flexibility index (Phi) is 20.1. The van der Waals surface area contributed by atoms with E-state index in [4.69, 9.17) is 9.98 Å². The number of unbranched alkanes of at least 4 members (excludes halogenated alkanes) is 8. The molecule has 0 aliphatic heterocycles. The van der Waals surface area contributed by atoms with Crippen molar-refractivity contribution in [2.75, 3.05) is 0 Å². The van der Waals surface area contributed by atoms with E-state index in [0.717, 1.165) is 75.6 Å². The minimum atomic E-state index is 0.997. The van der Waals surface area contributed by atoms with Crippen LogP contribution >= 0.6 is 0 Å². The van der Waals surface area contributed by atoms with Gasteiger partial charge >= 0.3 is 0 Å². The molecule has 0 atom stereocenters. The summed E-state index contributed by atoms with van der Waals surface area (Å²) in [4.78, 5) is 10.9. The highest BCUT2D eigenvalue weighted by Crippen LogP contribution is 2.26. The van der Waals surface area contributed by atoms with E-state index in [1.165, 1.54) is 73.9 Å². The summed E-state index contributed by atoms with van der Waals surface area (Å²) in [6.45, 7) is 9.04. The van der Waals surface area contributed by atoms with E-state index in [1.807, 2.05) is 0 Å². The van der Waals surface area contributed by atoms with E-state index in [9.17, 15) is 0 Å². The first-order valence-electron chi connectivity index (χ1n) is 17.3. The van der Waals surface area contributed by atoms with Crippen molar-refractivity contribution in [3.63, 3.8) is 0 Å². The molecule has 2 aromatic rings. The highest BCUT2D eigenvalue weighted by Gasteiger charge is 2.13. The number of benzene rings is 2. The summed E-state index contributed by atoms with van der Waals surface area (Å²) >= 11 is 0. The van der Waals surface area contributed by atoms with E-state index in [0.29, 0.717) is 0 Å². The van der Waals surface area contributed by atoms with Crippen LogP contribution < -0.4 is 0 Å². The number of para-hydroxylation sites is 2. The van der Waals surface area contributed by atoms with Crippen LogP contribution in [-0.4, -0.2) is 11.4 Å². The quantitative estimate of drug-likeness (QED) is 0.0723. The Morgan fingerprint density at radius 1 is 0.476 bits per heavy atom. The van der Waals surface area contributed by atoms with Gasteiger partial charge in [-0.15, -0.1) is 0 Å². The summed E-state index contributed by atoms with van der Waals surface area (Å²) in [5, 5.41) is 0. The Hall–Kier alpha value is -2.74. The fourth-order valence-corrected chi connectivity index (χ4v) is 5.19. The van der Waals surface area contributed by atoms with Crippen LogP contribution in [0.4, 0.5) is 11.4 Å². The van der Waals surface area contributed by atoms with Crippen LogP contribution in [0.25, 0.3) is 0 Å². The van der Waals surface area contributed by atoms with Crippen LogP contribution in [0, 0.1) is 0 Å². The first-order chi connectivity index (χ1) is 20.7. The predicted molar refractivity (Wildman–Crippen MR) is 189 cm³/mol. The molecule has 0 unspecified atom stereocenters. The summed E-state index contributed by atoms with van der Waals surface area (Å²) < 4.78 is 0. The summed E-state index contributed by atoms with van der Waals surface area (Å²) in [7, 11) is 0. The first-order valence-corrected chi connectivity index (χ1v) is 17.3. The lowest BCUT2D eigenvalue weighted by Crippen LogP contribution is -2.15. The van der Waals surface area contributed by atoms with Gasteiger partial charge in [-0.05, 0) is 100 Å². The fraction of sp³-hybridized carbons (Fsp3) is 0.550. The lowest BCUT2D eigenvalue weighted by atomic mass is 10.00. The molecule has 0 N–H and O–H groups in total. The summed E-state index contributed by atoms with van der Waals surface area (Å²) in [6.07, 6.45) is 30.1. The normalized spacial score (nSPS) is 12.7. The standard InChI is InChI=1S/C40H60N2/c1-5-9-13-15-17-21-27-35-29-23-25-31-37(35)41-39(33-19-11-7-3)40(34-20-12-8-4)42-38-32-26-24-30-36(38)28-22-18-16-14-10-6-2/h13-16,23-26,29-32H,5-12,17-22,27-28,33-34H2,1-4H3. The molecular weight excluding hydrogens is 508 g/mol. The molecule has 0 aromatic heterocycles. The molecule has 0 saturated heterocycles. The topological polar surface area (TPSA) is 24.7 Å². The molecule has 0 spiro atoms. The molecule has 2 rings (SSSR count). The van der Waals surface area contributed by atoms with Crippen molar-refractivity contribution in [1.82, 2.24) is 0 Å². The monoisotopic (exact) mass is 568 g/mol. The highest BCUT2D eigenvalue weighted by atomic mass is 14.8. The second-order valence-corrected chi connectivity index (χ2v) is 11.6. The van der Waals surface area contributed by atoms with Crippen LogP contribution in [0.15, 0.2) is 82.8 Å². The third-order valence-corrected chi connectivity index (χ3v) is 7.74. The fourth-order valence-electron chi connectivity index (χ4n) is 5.19. The molecule has 2 aromatic carbocycles. The zero-order valence-electron chi connectivity index (χ0n) is 27.6. The third kappa shape index (κ3) is 14.9. The molecule has 0 heterocycles. The van der Waals surface area contributed by atoms with Crippen molar-refractivity contribution in [3.8, 4) is 0 Å².